The van der Waals surface area contributed by atoms with E-state index in [4.69, 9.17) is 5.73 Å². The van der Waals surface area contributed by atoms with Crippen LogP contribution < -0.4 is 11.1 Å². The third-order valence-corrected chi connectivity index (χ3v) is 4.06. The Labute approximate surface area is 157 Å². The molecule has 0 saturated heterocycles. The number of hydrogen-bond donors (Lipinski definition) is 2. The van der Waals surface area contributed by atoms with E-state index < -0.39 is 23.6 Å². The minimum atomic E-state index is -1.18. The van der Waals surface area contributed by atoms with Gasteiger partial charge in [-0.25, -0.2) is 9.97 Å². The second-order valence-corrected chi connectivity index (χ2v) is 5.86. The molecule has 0 aliphatic carbocycles. The summed E-state index contributed by atoms with van der Waals surface area (Å²) in [6, 6.07) is 5.51. The van der Waals surface area contributed by atoms with Crippen molar-refractivity contribution in [2.45, 2.75) is 12.5 Å². The third-order valence-electron chi connectivity index (χ3n) is 3.53. The summed E-state index contributed by atoms with van der Waals surface area (Å²) in [4.78, 5) is 48.1. The number of aromatic nitrogens is 5. The van der Waals surface area contributed by atoms with Gasteiger partial charge in [0, 0.05) is 24.5 Å². The van der Waals surface area contributed by atoms with E-state index in [1.54, 1.807) is 30.5 Å². The molecular weight excluding hydrogens is 370 g/mol. The molecule has 1 atom stereocenters. The Hall–Kier alpha value is -3.60. The second-order valence-electron chi connectivity index (χ2n) is 5.34. The Morgan fingerprint density at radius 3 is 2.63 bits per heavy atom. The van der Waals surface area contributed by atoms with E-state index >= 15 is 0 Å². The SMILES string of the molecule is NC(=O)C(=O)C(Cc1ccccn1)NC(=O)c1nsnc1-c1ccncn1. The predicted molar refractivity (Wildman–Crippen MR) is 94.3 cm³/mol. The highest BCUT2D eigenvalue weighted by atomic mass is 32.1. The molecular formula is C16H13N7O3S. The first-order valence-electron chi connectivity index (χ1n) is 7.69. The van der Waals surface area contributed by atoms with E-state index in [-0.39, 0.29) is 17.8 Å². The summed E-state index contributed by atoms with van der Waals surface area (Å²) in [5.74, 6) is -2.75. The Morgan fingerprint density at radius 1 is 1.11 bits per heavy atom. The molecule has 3 aromatic heterocycles. The van der Waals surface area contributed by atoms with Crippen molar-refractivity contribution in [2.24, 2.45) is 5.73 Å². The number of Topliss-reactive ketones (excluding diaryl/α,β-unsaturated/α-hetero) is 1. The first-order chi connectivity index (χ1) is 13.1. The average molecular weight is 383 g/mol. The van der Waals surface area contributed by atoms with E-state index in [0.717, 1.165) is 11.7 Å². The molecule has 3 heterocycles. The molecule has 0 aliphatic rings. The van der Waals surface area contributed by atoms with Gasteiger partial charge in [0.15, 0.2) is 5.69 Å². The van der Waals surface area contributed by atoms with Gasteiger partial charge >= 0.3 is 0 Å². The number of carbonyl (C=O) groups is 3. The van der Waals surface area contributed by atoms with Crippen LogP contribution in [0.25, 0.3) is 11.4 Å². The molecule has 27 heavy (non-hydrogen) atoms. The number of hydrogen-bond acceptors (Lipinski definition) is 9. The normalized spacial score (nSPS) is 11.6. The zero-order valence-electron chi connectivity index (χ0n) is 13.8. The maximum atomic E-state index is 12.7. The monoisotopic (exact) mass is 383 g/mol. The zero-order chi connectivity index (χ0) is 19.2. The molecule has 1 unspecified atom stereocenters. The number of nitrogens with zero attached hydrogens (tertiary/aromatic N) is 5. The lowest BCUT2D eigenvalue weighted by Gasteiger charge is -2.15. The van der Waals surface area contributed by atoms with Crippen LogP contribution in [0, 0.1) is 0 Å². The van der Waals surface area contributed by atoms with Gasteiger partial charge in [-0.05, 0) is 18.2 Å². The summed E-state index contributed by atoms with van der Waals surface area (Å²) in [6.07, 6.45) is 4.37. The summed E-state index contributed by atoms with van der Waals surface area (Å²) < 4.78 is 8.04. The fraction of sp³-hybridized carbons (Fsp3) is 0.125. The van der Waals surface area contributed by atoms with Crippen LogP contribution in [-0.4, -0.2) is 47.3 Å². The van der Waals surface area contributed by atoms with Crippen LogP contribution in [0.5, 0.6) is 0 Å². The molecule has 0 aliphatic heterocycles. The molecule has 136 valence electrons. The number of nitrogens with one attached hydrogen (secondary N) is 1. The summed E-state index contributed by atoms with van der Waals surface area (Å²) in [5.41, 5.74) is 6.27. The van der Waals surface area contributed by atoms with Gasteiger partial charge in [-0.3, -0.25) is 19.4 Å². The van der Waals surface area contributed by atoms with Crippen LogP contribution in [0.4, 0.5) is 0 Å². The highest BCUT2D eigenvalue weighted by molar-refractivity contribution is 6.99. The molecule has 0 spiro atoms. The lowest BCUT2D eigenvalue weighted by molar-refractivity contribution is -0.137. The largest absolute Gasteiger partial charge is 0.363 e. The third kappa shape index (κ3) is 4.33. The van der Waals surface area contributed by atoms with E-state index in [9.17, 15) is 14.4 Å². The standard InChI is InChI=1S/C16H13N7O3S/c17-15(25)14(24)11(7-9-3-1-2-5-19-9)21-16(26)13-12(22-27-23-13)10-4-6-18-8-20-10/h1-6,8,11H,7H2,(H2,17,25)(H,21,26). The molecule has 0 aromatic carbocycles. The van der Waals surface area contributed by atoms with Gasteiger partial charge in [-0.2, -0.15) is 8.75 Å². The van der Waals surface area contributed by atoms with Crippen molar-refractivity contribution in [3.8, 4) is 11.4 Å². The molecule has 3 N–H and O–H groups in total. The molecule has 0 saturated carbocycles. The lowest BCUT2D eigenvalue weighted by atomic mass is 10.1. The lowest BCUT2D eigenvalue weighted by Crippen LogP contribution is -2.47. The van der Waals surface area contributed by atoms with Crippen LogP contribution in [0.1, 0.15) is 16.2 Å². The van der Waals surface area contributed by atoms with Gasteiger partial charge in [0.25, 0.3) is 11.8 Å². The molecule has 3 rings (SSSR count). The van der Waals surface area contributed by atoms with Crippen molar-refractivity contribution in [1.82, 2.24) is 29.0 Å². The van der Waals surface area contributed by atoms with E-state index in [1.807, 2.05) is 0 Å². The number of carbonyl (C=O) groups excluding carboxylic acids is 3. The number of ketones is 1. The summed E-state index contributed by atoms with van der Waals surface area (Å²) in [6.45, 7) is 0. The van der Waals surface area contributed by atoms with E-state index in [0.29, 0.717) is 11.4 Å². The average Bonchev–Trinajstić information content (AvgIpc) is 3.18. The molecule has 0 bridgehead atoms. The predicted octanol–water partition coefficient (Wildman–Crippen LogP) is -0.214. The van der Waals surface area contributed by atoms with Gasteiger partial charge in [-0.15, -0.1) is 0 Å². The Morgan fingerprint density at radius 2 is 1.96 bits per heavy atom. The van der Waals surface area contributed by atoms with Crippen LogP contribution >= 0.6 is 11.7 Å². The minimum Gasteiger partial charge on any atom is -0.363 e. The Bertz CT molecular complexity index is 962. The molecule has 11 heteroatoms. The molecule has 2 amide bonds. The molecule has 3 aromatic rings. The van der Waals surface area contributed by atoms with Crippen LogP contribution in [0.3, 0.4) is 0 Å². The Balaban J connectivity index is 1.84. The first-order valence-corrected chi connectivity index (χ1v) is 8.42. The number of amides is 2. The van der Waals surface area contributed by atoms with Crippen LogP contribution in [0.2, 0.25) is 0 Å². The highest BCUT2D eigenvalue weighted by Crippen LogP contribution is 2.19. The second kappa shape index (κ2) is 8.19. The van der Waals surface area contributed by atoms with Gasteiger partial charge in [-0.1, -0.05) is 6.07 Å². The Kier molecular flexibility index (Phi) is 5.52. The number of primary amides is 1. The zero-order valence-corrected chi connectivity index (χ0v) is 14.6. The maximum absolute atomic E-state index is 12.7. The summed E-state index contributed by atoms with van der Waals surface area (Å²) in [7, 11) is 0. The van der Waals surface area contributed by atoms with Crippen molar-refractivity contribution < 1.29 is 14.4 Å². The molecule has 0 fully saturated rings. The molecule has 0 radical (unpaired) electrons. The number of pyridine rings is 1. The summed E-state index contributed by atoms with van der Waals surface area (Å²) >= 11 is 0.825. The van der Waals surface area contributed by atoms with E-state index in [1.165, 1.54) is 12.5 Å². The summed E-state index contributed by atoms with van der Waals surface area (Å²) in [5, 5.41) is 2.49. The highest BCUT2D eigenvalue weighted by Gasteiger charge is 2.28. The molecule has 10 nitrogen and oxygen atoms in total. The van der Waals surface area contributed by atoms with Crippen molar-refractivity contribution >= 4 is 29.3 Å². The van der Waals surface area contributed by atoms with Crippen LogP contribution in [0.15, 0.2) is 43.0 Å². The maximum Gasteiger partial charge on any atom is 0.287 e. The number of nitrogens with two attached hydrogens (primary N) is 1. The van der Waals surface area contributed by atoms with Gasteiger partial charge in [0.2, 0.25) is 5.78 Å². The topological polar surface area (TPSA) is 154 Å². The van der Waals surface area contributed by atoms with Crippen LogP contribution in [-0.2, 0) is 16.0 Å². The van der Waals surface area contributed by atoms with Gasteiger partial charge < -0.3 is 11.1 Å². The quantitative estimate of drug-likeness (QED) is 0.531. The fourth-order valence-corrected chi connectivity index (χ4v) is 2.83. The fourth-order valence-electron chi connectivity index (χ4n) is 2.27. The van der Waals surface area contributed by atoms with E-state index in [2.05, 4.69) is 29.0 Å². The van der Waals surface area contributed by atoms with Gasteiger partial charge in [0.05, 0.1) is 17.4 Å². The number of rotatable bonds is 7. The van der Waals surface area contributed by atoms with Crippen molar-refractivity contribution in [3.63, 3.8) is 0 Å². The first kappa shape index (κ1) is 18.2. The van der Waals surface area contributed by atoms with Crippen molar-refractivity contribution in [3.05, 3.63) is 54.4 Å². The van der Waals surface area contributed by atoms with Gasteiger partial charge in [0.1, 0.15) is 18.1 Å². The smallest absolute Gasteiger partial charge is 0.287 e. The van der Waals surface area contributed by atoms with Crippen molar-refractivity contribution in [1.29, 1.82) is 0 Å². The minimum absolute atomic E-state index is 0.00869. The van der Waals surface area contributed by atoms with Crippen molar-refractivity contribution in [2.75, 3.05) is 0 Å².